The zero-order valence-electron chi connectivity index (χ0n) is 11.5. The molecule has 1 atom stereocenters. The first-order valence-electron chi connectivity index (χ1n) is 7.02. The molecule has 0 radical (unpaired) electrons. The molecule has 0 aromatic carbocycles. The Labute approximate surface area is 114 Å². The Kier molecular flexibility index (Phi) is 5.42. The Hall–Kier alpha value is -1.33. The van der Waals surface area contributed by atoms with Gasteiger partial charge in [0.25, 0.3) is 0 Å². The van der Waals surface area contributed by atoms with Crippen LogP contribution in [0.15, 0.2) is 18.2 Å². The quantitative estimate of drug-likeness (QED) is 0.771. The van der Waals surface area contributed by atoms with Crippen LogP contribution in [0.4, 0.5) is 5.82 Å². The van der Waals surface area contributed by atoms with E-state index < -0.39 is 0 Å². The molecule has 0 spiro atoms. The van der Waals surface area contributed by atoms with Crippen molar-refractivity contribution in [1.29, 1.82) is 0 Å². The second-order valence-electron chi connectivity index (χ2n) is 4.73. The van der Waals surface area contributed by atoms with Gasteiger partial charge in [0.1, 0.15) is 5.82 Å². The predicted molar refractivity (Wildman–Crippen MR) is 75.7 cm³/mol. The van der Waals surface area contributed by atoms with Crippen LogP contribution in [0.3, 0.4) is 0 Å². The monoisotopic (exact) mass is 265 g/mol. The Balaban J connectivity index is 2.05. The molecule has 19 heavy (non-hydrogen) atoms. The van der Waals surface area contributed by atoms with Gasteiger partial charge in [0, 0.05) is 25.2 Å². The molecule has 0 aliphatic carbocycles. The predicted octanol–water partition coefficient (Wildman–Crippen LogP) is 1.03. The Morgan fingerprint density at radius 3 is 3.11 bits per heavy atom. The lowest BCUT2D eigenvalue weighted by atomic mass is 10.2. The van der Waals surface area contributed by atoms with Gasteiger partial charge in [0.2, 0.25) is 5.88 Å². The van der Waals surface area contributed by atoms with Crippen LogP contribution >= 0.6 is 0 Å². The molecule has 1 aromatic heterocycles. The minimum Gasteiger partial charge on any atom is -0.478 e. The van der Waals surface area contributed by atoms with Crippen molar-refractivity contribution in [3.05, 3.63) is 18.2 Å². The fraction of sp³-hybridized carbons (Fsp3) is 0.643. The molecule has 5 nitrogen and oxygen atoms in total. The lowest BCUT2D eigenvalue weighted by molar-refractivity contribution is 0.299. The first kappa shape index (κ1) is 14.1. The van der Waals surface area contributed by atoms with Crippen molar-refractivity contribution in [2.75, 3.05) is 37.7 Å². The summed E-state index contributed by atoms with van der Waals surface area (Å²) < 4.78 is 5.43. The van der Waals surface area contributed by atoms with Crippen molar-refractivity contribution in [1.82, 2.24) is 10.3 Å². The van der Waals surface area contributed by atoms with E-state index >= 15 is 0 Å². The van der Waals surface area contributed by atoms with Crippen LogP contribution in [0.25, 0.3) is 0 Å². The summed E-state index contributed by atoms with van der Waals surface area (Å²) >= 11 is 0. The van der Waals surface area contributed by atoms with Gasteiger partial charge in [-0.3, -0.25) is 0 Å². The SMILES string of the molecule is CCOc1cccc(N(CCO)CC2CCCN2)n1. The molecule has 5 heteroatoms. The molecule has 2 heterocycles. The fourth-order valence-corrected chi connectivity index (χ4v) is 2.41. The maximum absolute atomic E-state index is 9.22. The minimum atomic E-state index is 0.132. The Morgan fingerprint density at radius 1 is 1.53 bits per heavy atom. The van der Waals surface area contributed by atoms with Crippen molar-refractivity contribution in [2.24, 2.45) is 0 Å². The van der Waals surface area contributed by atoms with Gasteiger partial charge < -0.3 is 20.1 Å². The molecule has 2 N–H and O–H groups in total. The molecule has 1 fully saturated rings. The number of anilines is 1. The summed E-state index contributed by atoms with van der Waals surface area (Å²) in [5.74, 6) is 1.51. The number of rotatable bonds is 7. The third-order valence-electron chi connectivity index (χ3n) is 3.30. The normalized spacial score (nSPS) is 18.5. The summed E-state index contributed by atoms with van der Waals surface area (Å²) in [5, 5.41) is 12.7. The number of nitrogens with one attached hydrogen (secondary N) is 1. The largest absolute Gasteiger partial charge is 0.478 e. The minimum absolute atomic E-state index is 0.132. The molecule has 106 valence electrons. The van der Waals surface area contributed by atoms with Crippen molar-refractivity contribution >= 4 is 5.82 Å². The highest BCUT2D eigenvalue weighted by atomic mass is 16.5. The number of aliphatic hydroxyl groups is 1. The van der Waals surface area contributed by atoms with Crippen LogP contribution < -0.4 is 15.0 Å². The van der Waals surface area contributed by atoms with Gasteiger partial charge in [0.15, 0.2) is 0 Å². The van der Waals surface area contributed by atoms with Gasteiger partial charge >= 0.3 is 0 Å². The molecule has 0 amide bonds. The van der Waals surface area contributed by atoms with E-state index in [-0.39, 0.29) is 6.61 Å². The van der Waals surface area contributed by atoms with Crippen molar-refractivity contribution in [2.45, 2.75) is 25.8 Å². The summed E-state index contributed by atoms with van der Waals surface area (Å²) in [6.07, 6.45) is 2.41. The van der Waals surface area contributed by atoms with Crippen molar-refractivity contribution in [3.8, 4) is 5.88 Å². The van der Waals surface area contributed by atoms with Gasteiger partial charge in [-0.1, -0.05) is 6.07 Å². The maximum Gasteiger partial charge on any atom is 0.215 e. The van der Waals surface area contributed by atoms with E-state index in [1.54, 1.807) is 0 Å². The smallest absolute Gasteiger partial charge is 0.215 e. The van der Waals surface area contributed by atoms with E-state index in [9.17, 15) is 5.11 Å². The highest BCUT2D eigenvalue weighted by Crippen LogP contribution is 2.17. The number of aromatic nitrogens is 1. The van der Waals surface area contributed by atoms with Crippen molar-refractivity contribution in [3.63, 3.8) is 0 Å². The molecule has 1 aliphatic heterocycles. The van der Waals surface area contributed by atoms with Crippen LogP contribution in [0, 0.1) is 0 Å². The fourth-order valence-electron chi connectivity index (χ4n) is 2.41. The second kappa shape index (κ2) is 7.31. The van der Waals surface area contributed by atoms with Crippen molar-refractivity contribution < 1.29 is 9.84 Å². The summed E-state index contributed by atoms with van der Waals surface area (Å²) in [4.78, 5) is 6.60. The second-order valence-corrected chi connectivity index (χ2v) is 4.73. The lowest BCUT2D eigenvalue weighted by Crippen LogP contribution is -2.39. The van der Waals surface area contributed by atoms with E-state index in [0.29, 0.717) is 25.1 Å². The van der Waals surface area contributed by atoms with Gasteiger partial charge in [-0.2, -0.15) is 4.98 Å². The third-order valence-corrected chi connectivity index (χ3v) is 3.30. The maximum atomic E-state index is 9.22. The number of ether oxygens (including phenoxy) is 1. The number of hydrogen-bond acceptors (Lipinski definition) is 5. The van der Waals surface area contributed by atoms with E-state index in [2.05, 4.69) is 15.2 Å². The molecule has 0 bridgehead atoms. The van der Waals surface area contributed by atoms with E-state index in [0.717, 1.165) is 18.9 Å². The van der Waals surface area contributed by atoms with E-state index in [4.69, 9.17) is 4.74 Å². The summed E-state index contributed by atoms with van der Waals surface area (Å²) in [5.41, 5.74) is 0. The van der Waals surface area contributed by atoms with Gasteiger partial charge in [-0.25, -0.2) is 0 Å². The summed E-state index contributed by atoms with van der Waals surface area (Å²) in [7, 11) is 0. The van der Waals surface area contributed by atoms with E-state index in [1.807, 2.05) is 25.1 Å². The number of nitrogens with zero attached hydrogens (tertiary/aromatic N) is 2. The standard InChI is InChI=1S/C14H23N3O2/c1-2-19-14-7-3-6-13(16-14)17(9-10-18)11-12-5-4-8-15-12/h3,6-7,12,15,18H,2,4-5,8-11H2,1H3. The number of aliphatic hydroxyl groups excluding tert-OH is 1. The summed E-state index contributed by atoms with van der Waals surface area (Å²) in [6, 6.07) is 6.26. The topological polar surface area (TPSA) is 57.6 Å². The number of hydrogen-bond donors (Lipinski definition) is 2. The van der Waals surface area contributed by atoms with Gasteiger partial charge in [-0.15, -0.1) is 0 Å². The van der Waals surface area contributed by atoms with Crippen LogP contribution in [0.2, 0.25) is 0 Å². The summed E-state index contributed by atoms with van der Waals surface area (Å²) in [6.45, 7) is 5.25. The van der Waals surface area contributed by atoms with E-state index in [1.165, 1.54) is 12.8 Å². The molecular formula is C14H23N3O2. The Bertz CT molecular complexity index is 381. The molecule has 2 rings (SSSR count). The van der Waals surface area contributed by atoms with Crippen LogP contribution in [0.5, 0.6) is 5.88 Å². The molecule has 1 unspecified atom stereocenters. The van der Waals surface area contributed by atoms with Gasteiger partial charge in [-0.05, 0) is 32.4 Å². The highest BCUT2D eigenvalue weighted by Gasteiger charge is 2.18. The first-order valence-corrected chi connectivity index (χ1v) is 7.02. The zero-order valence-corrected chi connectivity index (χ0v) is 11.5. The molecule has 1 aromatic rings. The molecular weight excluding hydrogens is 242 g/mol. The lowest BCUT2D eigenvalue weighted by Gasteiger charge is -2.26. The van der Waals surface area contributed by atoms with Crippen LogP contribution in [0.1, 0.15) is 19.8 Å². The number of pyridine rings is 1. The average molecular weight is 265 g/mol. The molecule has 0 saturated carbocycles. The average Bonchev–Trinajstić information content (AvgIpc) is 2.92. The first-order chi connectivity index (χ1) is 9.33. The van der Waals surface area contributed by atoms with Crippen LogP contribution in [-0.4, -0.2) is 49.0 Å². The molecule has 1 aliphatic rings. The van der Waals surface area contributed by atoms with Crippen LogP contribution in [-0.2, 0) is 0 Å². The zero-order chi connectivity index (χ0) is 13.5. The Morgan fingerprint density at radius 2 is 2.42 bits per heavy atom. The molecule has 1 saturated heterocycles. The third kappa shape index (κ3) is 4.08. The van der Waals surface area contributed by atoms with Gasteiger partial charge in [0.05, 0.1) is 13.2 Å². The highest BCUT2D eigenvalue weighted by molar-refractivity contribution is 5.41.